The van der Waals surface area contributed by atoms with Crippen LogP contribution in [0.3, 0.4) is 0 Å². The molecule has 11 nitrogen and oxygen atoms in total. The van der Waals surface area contributed by atoms with Gasteiger partial charge in [-0.05, 0) is 36.6 Å². The Bertz CT molecular complexity index is 1030. The van der Waals surface area contributed by atoms with Crippen LogP contribution in [0.1, 0.15) is 6.42 Å². The van der Waals surface area contributed by atoms with Gasteiger partial charge in [-0.2, -0.15) is 4.98 Å². The quantitative estimate of drug-likeness (QED) is 0.384. The molecule has 2 aromatic rings. The number of phosphoric acid groups is 1. The van der Waals surface area contributed by atoms with E-state index in [2.05, 4.69) is 15.3 Å². The number of nitrogens with two attached hydrogens (primary N) is 1. The van der Waals surface area contributed by atoms with Crippen LogP contribution in [0.2, 0.25) is 5.02 Å². The van der Waals surface area contributed by atoms with Crippen molar-refractivity contribution in [3.05, 3.63) is 39.6 Å². The largest absolute Gasteiger partial charge is 0.527 e. The molecule has 1 fully saturated rings. The molecule has 30 heavy (non-hydrogen) atoms. The topological polar surface area (TPSA) is 163 Å². The summed E-state index contributed by atoms with van der Waals surface area (Å²) in [5, 5.41) is 13.3. The Morgan fingerprint density at radius 3 is 2.80 bits per heavy atom. The van der Waals surface area contributed by atoms with Gasteiger partial charge < -0.3 is 25.6 Å². The summed E-state index contributed by atoms with van der Waals surface area (Å²) in [6, 6.07) is 5.86. The fraction of sp³-hybridized carbons (Fsp3) is 0.412. The van der Waals surface area contributed by atoms with E-state index in [4.69, 9.17) is 26.4 Å². The Balaban J connectivity index is 1.38. The second-order valence-electron chi connectivity index (χ2n) is 7.17. The number of aliphatic hydroxyl groups excluding tert-OH is 1. The van der Waals surface area contributed by atoms with Crippen molar-refractivity contribution in [1.29, 1.82) is 0 Å². The van der Waals surface area contributed by atoms with Crippen LogP contribution >= 0.6 is 19.4 Å². The number of H-pyrrole nitrogens is 1. The van der Waals surface area contributed by atoms with Gasteiger partial charge in [-0.25, -0.2) is 4.57 Å². The average molecular weight is 458 g/mol. The minimum Gasteiger partial charge on any atom is -0.404 e. The number of rotatable bonds is 7. The Morgan fingerprint density at radius 1 is 1.37 bits per heavy atom. The smallest absolute Gasteiger partial charge is 0.404 e. The fourth-order valence-corrected chi connectivity index (χ4v) is 4.75. The van der Waals surface area contributed by atoms with E-state index in [1.54, 1.807) is 0 Å². The molecule has 13 heteroatoms. The first-order valence-corrected chi connectivity index (χ1v) is 11.1. The molecule has 1 aromatic heterocycles. The van der Waals surface area contributed by atoms with E-state index < -0.39 is 7.82 Å². The van der Waals surface area contributed by atoms with Gasteiger partial charge in [-0.1, -0.05) is 11.6 Å². The number of benzene rings is 1. The maximum atomic E-state index is 12.2. The number of fused-ring (bicyclic) bond motifs is 1. The summed E-state index contributed by atoms with van der Waals surface area (Å²) in [6.07, 6.45) is 0.571. The van der Waals surface area contributed by atoms with Gasteiger partial charge >= 0.3 is 7.82 Å². The van der Waals surface area contributed by atoms with Crippen LogP contribution in [-0.2, 0) is 9.09 Å². The van der Waals surface area contributed by atoms with Crippen molar-refractivity contribution in [3.63, 3.8) is 0 Å². The van der Waals surface area contributed by atoms with E-state index in [0.717, 1.165) is 0 Å². The lowest BCUT2D eigenvalue weighted by Crippen LogP contribution is -2.55. The monoisotopic (exact) mass is 457 g/mol. The highest BCUT2D eigenvalue weighted by Gasteiger charge is 2.47. The first-order chi connectivity index (χ1) is 14.3. The standard InChI is InChI=1S/C17H21ClN5O6P/c18-10-1-3-11(4-2-10)29-30(26,27)28-7-9-5-13(12(9)6-24)23-8-20-14-15(23)21-17(19)22-16(14)25/h1-4,9,12-13,20,24H,5-8H2,(H,26,27)(H3,19,21,22,25). The third-order valence-electron chi connectivity index (χ3n) is 5.36. The molecule has 4 unspecified atom stereocenters. The number of nitrogens with one attached hydrogen (secondary N) is 2. The van der Waals surface area contributed by atoms with Crippen LogP contribution in [0.15, 0.2) is 29.1 Å². The van der Waals surface area contributed by atoms with Gasteiger partial charge in [-0.15, -0.1) is 0 Å². The summed E-state index contributed by atoms with van der Waals surface area (Å²) < 4.78 is 22.4. The van der Waals surface area contributed by atoms with Crippen LogP contribution in [0.5, 0.6) is 5.75 Å². The van der Waals surface area contributed by atoms with E-state index >= 15 is 0 Å². The maximum absolute atomic E-state index is 12.2. The molecule has 1 aromatic carbocycles. The summed E-state index contributed by atoms with van der Waals surface area (Å²) in [5.74, 6) is 0.183. The molecule has 1 saturated carbocycles. The molecule has 2 aliphatic rings. The number of hydrogen-bond acceptors (Lipinski definition) is 9. The molecule has 0 amide bonds. The van der Waals surface area contributed by atoms with E-state index in [9.17, 15) is 19.4 Å². The Kier molecular flexibility index (Phi) is 5.65. The summed E-state index contributed by atoms with van der Waals surface area (Å²) in [7, 11) is -4.34. The Hall–Kier alpha value is -2.30. The van der Waals surface area contributed by atoms with E-state index in [-0.39, 0.29) is 48.3 Å². The first kappa shape index (κ1) is 21.0. The Morgan fingerprint density at radius 2 is 2.10 bits per heavy atom. The number of phosphoric ester groups is 1. The van der Waals surface area contributed by atoms with Crippen molar-refractivity contribution < 1.29 is 23.6 Å². The molecule has 0 spiro atoms. The van der Waals surface area contributed by atoms with Crippen molar-refractivity contribution in [2.75, 3.05) is 35.8 Å². The number of nitrogen functional groups attached to an aromatic ring is 1. The molecule has 1 aliphatic heterocycles. The normalized spacial score (nSPS) is 24.5. The predicted octanol–water partition coefficient (Wildman–Crippen LogP) is 1.39. The summed E-state index contributed by atoms with van der Waals surface area (Å²) in [4.78, 5) is 30.4. The minimum atomic E-state index is -4.34. The van der Waals surface area contributed by atoms with Crippen molar-refractivity contribution in [3.8, 4) is 5.75 Å². The number of anilines is 3. The average Bonchev–Trinajstić information content (AvgIpc) is 3.06. The highest BCUT2D eigenvalue weighted by molar-refractivity contribution is 7.47. The number of aromatic nitrogens is 2. The van der Waals surface area contributed by atoms with Crippen molar-refractivity contribution in [2.24, 2.45) is 11.8 Å². The van der Waals surface area contributed by atoms with Crippen LogP contribution in [-0.4, -0.2) is 45.9 Å². The van der Waals surface area contributed by atoms with Crippen LogP contribution in [0.25, 0.3) is 0 Å². The molecule has 0 bridgehead atoms. The summed E-state index contributed by atoms with van der Waals surface area (Å²) >= 11 is 5.78. The van der Waals surface area contributed by atoms with Gasteiger partial charge in [0.25, 0.3) is 5.56 Å². The number of halogens is 1. The van der Waals surface area contributed by atoms with E-state index in [1.807, 2.05) is 4.90 Å². The fourth-order valence-electron chi connectivity index (χ4n) is 3.80. The lowest BCUT2D eigenvalue weighted by Gasteiger charge is -2.48. The zero-order valence-corrected chi connectivity index (χ0v) is 17.3. The van der Waals surface area contributed by atoms with Crippen LogP contribution < -0.4 is 26.0 Å². The van der Waals surface area contributed by atoms with Crippen LogP contribution in [0, 0.1) is 11.8 Å². The van der Waals surface area contributed by atoms with Gasteiger partial charge in [0, 0.05) is 23.6 Å². The molecule has 2 heterocycles. The Labute approximate surface area is 176 Å². The lowest BCUT2D eigenvalue weighted by molar-refractivity contribution is 0.0217. The zero-order valence-electron chi connectivity index (χ0n) is 15.7. The number of aliphatic hydroxyl groups is 1. The zero-order chi connectivity index (χ0) is 21.5. The summed E-state index contributed by atoms with van der Waals surface area (Å²) in [5.41, 5.74) is 5.61. The molecule has 4 rings (SSSR count). The molecular weight excluding hydrogens is 437 g/mol. The van der Waals surface area contributed by atoms with E-state index in [0.29, 0.717) is 29.6 Å². The molecule has 4 atom stereocenters. The minimum absolute atomic E-state index is 0.00720. The predicted molar refractivity (Wildman–Crippen MR) is 111 cm³/mol. The molecular formula is C17H21ClN5O6P. The molecule has 0 saturated heterocycles. The molecule has 6 N–H and O–H groups in total. The van der Waals surface area contributed by atoms with Gasteiger partial charge in [-0.3, -0.25) is 19.2 Å². The number of nitrogens with zero attached hydrogens (tertiary/aromatic N) is 2. The molecule has 162 valence electrons. The highest BCUT2D eigenvalue weighted by Crippen LogP contribution is 2.48. The van der Waals surface area contributed by atoms with Gasteiger partial charge in [0.2, 0.25) is 5.95 Å². The second kappa shape index (κ2) is 8.09. The summed E-state index contributed by atoms with van der Waals surface area (Å²) in [6.45, 7) is 0.126. The SMILES string of the molecule is Nc1nc2c(c(=O)[nH]1)NCN2C1CC(COP(=O)(O)Oc2ccc(Cl)cc2)C1CO. The van der Waals surface area contributed by atoms with Gasteiger partial charge in [0.1, 0.15) is 11.4 Å². The van der Waals surface area contributed by atoms with E-state index in [1.165, 1.54) is 24.3 Å². The third kappa shape index (κ3) is 4.12. The second-order valence-corrected chi connectivity index (χ2v) is 8.99. The number of hydrogen-bond donors (Lipinski definition) is 5. The maximum Gasteiger partial charge on any atom is 0.527 e. The van der Waals surface area contributed by atoms with Gasteiger partial charge in [0.05, 0.1) is 13.3 Å². The highest BCUT2D eigenvalue weighted by atomic mass is 35.5. The van der Waals surface area contributed by atoms with Crippen LogP contribution in [0.4, 0.5) is 17.5 Å². The molecule has 1 aliphatic carbocycles. The van der Waals surface area contributed by atoms with Crippen molar-refractivity contribution in [2.45, 2.75) is 12.5 Å². The lowest BCUT2D eigenvalue weighted by atomic mass is 9.69. The molecule has 0 radical (unpaired) electrons. The van der Waals surface area contributed by atoms with Crippen molar-refractivity contribution in [1.82, 2.24) is 9.97 Å². The van der Waals surface area contributed by atoms with Crippen molar-refractivity contribution >= 4 is 36.9 Å². The van der Waals surface area contributed by atoms with Gasteiger partial charge in [0.15, 0.2) is 5.82 Å². The number of aromatic amines is 1. The third-order valence-corrected chi connectivity index (χ3v) is 6.53. The first-order valence-electron chi connectivity index (χ1n) is 9.21.